The van der Waals surface area contributed by atoms with Crippen LogP contribution < -0.4 is 10.9 Å². The molecular formula is C20H21N5O3S. The molecule has 1 fully saturated rings. The van der Waals surface area contributed by atoms with E-state index in [1.54, 1.807) is 23.6 Å². The zero-order chi connectivity index (χ0) is 20.5. The molecule has 0 bridgehead atoms. The zero-order valence-corrected chi connectivity index (χ0v) is 17.0. The Bertz CT molecular complexity index is 1140. The molecule has 1 aliphatic heterocycles. The van der Waals surface area contributed by atoms with Gasteiger partial charge in [-0.2, -0.15) is 0 Å². The first-order valence-electron chi connectivity index (χ1n) is 9.29. The average molecular weight is 411 g/mol. The summed E-state index contributed by atoms with van der Waals surface area (Å²) in [4.78, 5) is 48.0. The van der Waals surface area contributed by atoms with Crippen LogP contribution in [0.5, 0.6) is 0 Å². The molecule has 0 spiro atoms. The number of aromatic nitrogens is 2. The fourth-order valence-corrected chi connectivity index (χ4v) is 4.24. The summed E-state index contributed by atoms with van der Waals surface area (Å²) < 4.78 is 0.419. The lowest BCUT2D eigenvalue weighted by molar-refractivity contribution is 0.0664. The van der Waals surface area contributed by atoms with Crippen LogP contribution in [0.25, 0.3) is 10.2 Å². The van der Waals surface area contributed by atoms with Crippen molar-refractivity contribution in [2.24, 2.45) is 0 Å². The standard InChI is InChI=1S/C20H21N5O3S/c1-12-9-13(20(28)25-7-5-24(2)6-8-25)3-4-15(12)23-18(26)14-10-29-17-16(14)21-11-22-19(17)27/h3-4,9-11H,5-8H2,1-2H3,(H,23,26)(H,21,22,27). The van der Waals surface area contributed by atoms with E-state index in [0.717, 1.165) is 18.7 Å². The number of anilines is 1. The molecule has 0 unspecified atom stereocenters. The largest absolute Gasteiger partial charge is 0.336 e. The summed E-state index contributed by atoms with van der Waals surface area (Å²) in [7, 11) is 2.05. The summed E-state index contributed by atoms with van der Waals surface area (Å²) in [5, 5.41) is 4.49. The Morgan fingerprint density at radius 1 is 1.21 bits per heavy atom. The first-order valence-corrected chi connectivity index (χ1v) is 10.2. The van der Waals surface area contributed by atoms with E-state index in [2.05, 4.69) is 20.2 Å². The van der Waals surface area contributed by atoms with Gasteiger partial charge in [-0.15, -0.1) is 11.3 Å². The molecule has 8 nitrogen and oxygen atoms in total. The minimum Gasteiger partial charge on any atom is -0.336 e. The lowest BCUT2D eigenvalue weighted by Crippen LogP contribution is -2.47. The highest BCUT2D eigenvalue weighted by atomic mass is 32.1. The molecule has 3 heterocycles. The van der Waals surface area contributed by atoms with Crippen molar-refractivity contribution in [1.29, 1.82) is 0 Å². The van der Waals surface area contributed by atoms with Crippen molar-refractivity contribution in [2.45, 2.75) is 6.92 Å². The number of nitrogens with zero attached hydrogens (tertiary/aromatic N) is 3. The summed E-state index contributed by atoms with van der Waals surface area (Å²) in [6.07, 6.45) is 1.29. The minimum atomic E-state index is -0.337. The lowest BCUT2D eigenvalue weighted by atomic mass is 10.1. The van der Waals surface area contributed by atoms with E-state index >= 15 is 0 Å². The number of nitrogens with one attached hydrogen (secondary N) is 2. The Morgan fingerprint density at radius 2 is 1.97 bits per heavy atom. The number of fused-ring (bicyclic) bond motifs is 1. The number of amides is 2. The maximum atomic E-state index is 12.7. The van der Waals surface area contributed by atoms with Gasteiger partial charge < -0.3 is 20.1 Å². The van der Waals surface area contributed by atoms with Crippen molar-refractivity contribution in [3.05, 3.63) is 57.0 Å². The fraction of sp³-hybridized carbons (Fsp3) is 0.300. The number of carbonyl (C=O) groups excluding carboxylic acids is 2. The van der Waals surface area contributed by atoms with Gasteiger partial charge in [-0.25, -0.2) is 4.98 Å². The Kier molecular flexibility index (Phi) is 5.16. The van der Waals surface area contributed by atoms with Crippen molar-refractivity contribution < 1.29 is 9.59 Å². The van der Waals surface area contributed by atoms with Crippen LogP contribution in [-0.2, 0) is 0 Å². The van der Waals surface area contributed by atoms with Crippen LogP contribution in [0.2, 0.25) is 0 Å². The second-order valence-corrected chi connectivity index (χ2v) is 8.02. The number of carbonyl (C=O) groups is 2. The van der Waals surface area contributed by atoms with E-state index in [1.807, 2.05) is 18.9 Å². The summed E-state index contributed by atoms with van der Waals surface area (Å²) in [6, 6.07) is 5.27. The predicted octanol–water partition coefficient (Wildman–Crippen LogP) is 1.93. The molecule has 0 atom stereocenters. The van der Waals surface area contributed by atoms with E-state index < -0.39 is 0 Å². The number of aromatic amines is 1. The smallest absolute Gasteiger partial charge is 0.268 e. The highest BCUT2D eigenvalue weighted by Gasteiger charge is 2.21. The van der Waals surface area contributed by atoms with Crippen LogP contribution in [0.3, 0.4) is 0 Å². The molecule has 0 saturated carbocycles. The van der Waals surface area contributed by atoms with Gasteiger partial charge >= 0.3 is 0 Å². The molecule has 2 aromatic heterocycles. The molecule has 3 aromatic rings. The molecule has 0 aliphatic carbocycles. The summed E-state index contributed by atoms with van der Waals surface area (Å²) in [6.45, 7) is 5.01. The van der Waals surface area contributed by atoms with Gasteiger partial charge in [0, 0.05) is 42.8 Å². The van der Waals surface area contributed by atoms with Gasteiger partial charge in [-0.3, -0.25) is 14.4 Å². The van der Waals surface area contributed by atoms with Gasteiger partial charge in [-0.1, -0.05) is 0 Å². The van der Waals surface area contributed by atoms with Crippen LogP contribution in [-0.4, -0.2) is 64.8 Å². The molecule has 4 rings (SSSR count). The van der Waals surface area contributed by atoms with Crippen LogP contribution in [0.4, 0.5) is 5.69 Å². The molecular weight excluding hydrogens is 390 g/mol. The number of rotatable bonds is 3. The van der Waals surface area contributed by atoms with Crippen molar-refractivity contribution in [1.82, 2.24) is 19.8 Å². The number of thiophene rings is 1. The molecule has 0 radical (unpaired) electrons. The fourth-order valence-electron chi connectivity index (χ4n) is 3.34. The third-order valence-corrected chi connectivity index (χ3v) is 6.09. The number of benzene rings is 1. The van der Waals surface area contributed by atoms with E-state index in [9.17, 15) is 14.4 Å². The van der Waals surface area contributed by atoms with Crippen LogP contribution in [0.1, 0.15) is 26.3 Å². The van der Waals surface area contributed by atoms with Gasteiger partial charge in [0.1, 0.15) is 10.2 Å². The second-order valence-electron chi connectivity index (χ2n) is 7.14. The maximum Gasteiger partial charge on any atom is 0.268 e. The molecule has 9 heteroatoms. The highest BCUT2D eigenvalue weighted by Crippen LogP contribution is 2.23. The second kappa shape index (κ2) is 7.76. The number of likely N-dealkylation sites (N-methyl/N-ethyl adjacent to an activating group) is 1. The minimum absolute atomic E-state index is 0.00586. The molecule has 150 valence electrons. The van der Waals surface area contributed by atoms with E-state index in [4.69, 9.17) is 0 Å². The van der Waals surface area contributed by atoms with Gasteiger partial charge in [0.15, 0.2) is 0 Å². The Balaban J connectivity index is 1.52. The zero-order valence-electron chi connectivity index (χ0n) is 16.2. The Labute approximate surface area is 171 Å². The van der Waals surface area contributed by atoms with Gasteiger partial charge in [-0.05, 0) is 37.7 Å². The maximum absolute atomic E-state index is 12.7. The number of aryl methyl sites for hydroxylation is 1. The SMILES string of the molecule is Cc1cc(C(=O)N2CCN(C)CC2)ccc1NC(=O)c1csc2c(=O)[nH]cnc12. The van der Waals surface area contributed by atoms with Crippen LogP contribution in [0, 0.1) is 6.92 Å². The van der Waals surface area contributed by atoms with Gasteiger partial charge in [0.05, 0.1) is 11.9 Å². The lowest BCUT2D eigenvalue weighted by Gasteiger charge is -2.32. The first kappa shape index (κ1) is 19.3. The first-order chi connectivity index (χ1) is 13.9. The number of hydrogen-bond acceptors (Lipinski definition) is 6. The quantitative estimate of drug-likeness (QED) is 0.686. The highest BCUT2D eigenvalue weighted by molar-refractivity contribution is 7.17. The monoisotopic (exact) mass is 411 g/mol. The molecule has 2 N–H and O–H groups in total. The Hall–Kier alpha value is -3.04. The normalized spacial score (nSPS) is 14.9. The van der Waals surface area contributed by atoms with Crippen LogP contribution in [0.15, 0.2) is 34.7 Å². The van der Waals surface area contributed by atoms with Gasteiger partial charge in [0.2, 0.25) is 0 Å². The van der Waals surface area contributed by atoms with Crippen molar-refractivity contribution in [3.8, 4) is 0 Å². The number of piperazine rings is 1. The van der Waals surface area contributed by atoms with Crippen molar-refractivity contribution in [2.75, 3.05) is 38.5 Å². The van der Waals surface area contributed by atoms with Crippen molar-refractivity contribution in [3.63, 3.8) is 0 Å². The molecule has 1 aliphatic rings. The van der Waals surface area contributed by atoms with Crippen LogP contribution >= 0.6 is 11.3 Å². The van der Waals surface area contributed by atoms with E-state index in [0.29, 0.717) is 40.1 Å². The van der Waals surface area contributed by atoms with Crippen molar-refractivity contribution >= 4 is 39.1 Å². The number of hydrogen-bond donors (Lipinski definition) is 2. The van der Waals surface area contributed by atoms with Gasteiger partial charge in [0.25, 0.3) is 17.4 Å². The average Bonchev–Trinajstić information content (AvgIpc) is 3.15. The molecule has 1 saturated heterocycles. The molecule has 2 amide bonds. The number of H-pyrrole nitrogens is 1. The third-order valence-electron chi connectivity index (χ3n) is 5.12. The summed E-state index contributed by atoms with van der Waals surface area (Å²) in [5.41, 5.74) is 2.50. The summed E-state index contributed by atoms with van der Waals surface area (Å²) >= 11 is 1.19. The Morgan fingerprint density at radius 3 is 2.69 bits per heavy atom. The summed E-state index contributed by atoms with van der Waals surface area (Å²) in [5.74, 6) is -0.332. The van der Waals surface area contributed by atoms with E-state index in [1.165, 1.54) is 17.7 Å². The van der Waals surface area contributed by atoms with E-state index in [-0.39, 0.29) is 17.4 Å². The topological polar surface area (TPSA) is 98.4 Å². The molecule has 1 aromatic carbocycles. The third kappa shape index (κ3) is 3.79. The molecule has 29 heavy (non-hydrogen) atoms. The predicted molar refractivity (Wildman–Crippen MR) is 113 cm³/mol.